The van der Waals surface area contributed by atoms with E-state index in [1.54, 1.807) is 13.1 Å². The second-order valence-corrected chi connectivity index (χ2v) is 4.07. The average molecular weight is 277 g/mol. The predicted octanol–water partition coefficient (Wildman–Crippen LogP) is 3.19. The maximum atomic E-state index is 12.0. The SMILES string of the molecule is CCCc1nc(NC)cc(OCCCC(F)(F)F)n1. The molecule has 0 aliphatic carbocycles. The summed E-state index contributed by atoms with van der Waals surface area (Å²) in [4.78, 5) is 8.38. The van der Waals surface area contributed by atoms with Crippen LogP contribution >= 0.6 is 0 Å². The summed E-state index contributed by atoms with van der Waals surface area (Å²) >= 11 is 0. The molecule has 1 N–H and O–H groups in total. The van der Waals surface area contributed by atoms with E-state index in [-0.39, 0.29) is 13.0 Å². The molecule has 0 bridgehead atoms. The van der Waals surface area contributed by atoms with Crippen molar-refractivity contribution < 1.29 is 17.9 Å². The van der Waals surface area contributed by atoms with Crippen molar-refractivity contribution >= 4 is 5.82 Å². The van der Waals surface area contributed by atoms with Gasteiger partial charge in [0.2, 0.25) is 5.88 Å². The quantitative estimate of drug-likeness (QED) is 0.777. The molecular weight excluding hydrogens is 259 g/mol. The Morgan fingerprint density at radius 3 is 2.63 bits per heavy atom. The van der Waals surface area contributed by atoms with Crippen LogP contribution in [0.2, 0.25) is 0 Å². The lowest BCUT2D eigenvalue weighted by Gasteiger charge is -2.10. The minimum atomic E-state index is -4.14. The van der Waals surface area contributed by atoms with Crippen molar-refractivity contribution in [1.82, 2.24) is 9.97 Å². The van der Waals surface area contributed by atoms with E-state index in [2.05, 4.69) is 15.3 Å². The fraction of sp³-hybridized carbons (Fsp3) is 0.667. The Morgan fingerprint density at radius 1 is 1.32 bits per heavy atom. The number of hydrogen-bond donors (Lipinski definition) is 1. The Bertz CT molecular complexity index is 396. The number of hydrogen-bond acceptors (Lipinski definition) is 4. The third-order valence-electron chi connectivity index (χ3n) is 2.33. The van der Waals surface area contributed by atoms with Crippen LogP contribution in [0.25, 0.3) is 0 Å². The summed E-state index contributed by atoms with van der Waals surface area (Å²) in [7, 11) is 1.71. The van der Waals surface area contributed by atoms with Gasteiger partial charge in [-0.2, -0.15) is 18.2 Å². The van der Waals surface area contributed by atoms with Gasteiger partial charge in [0, 0.05) is 26.0 Å². The van der Waals surface area contributed by atoms with Crippen LogP contribution in [-0.2, 0) is 6.42 Å². The second-order valence-electron chi connectivity index (χ2n) is 4.07. The second kappa shape index (κ2) is 7.16. The van der Waals surface area contributed by atoms with Gasteiger partial charge in [-0.3, -0.25) is 0 Å². The highest BCUT2D eigenvalue weighted by molar-refractivity contribution is 5.37. The van der Waals surface area contributed by atoms with E-state index in [1.165, 1.54) is 0 Å². The molecule has 108 valence electrons. The molecule has 0 saturated heterocycles. The number of nitrogens with one attached hydrogen (secondary N) is 1. The Hall–Kier alpha value is -1.53. The number of alkyl halides is 3. The molecule has 0 unspecified atom stereocenters. The van der Waals surface area contributed by atoms with E-state index in [0.29, 0.717) is 23.9 Å². The van der Waals surface area contributed by atoms with Crippen LogP contribution in [0.15, 0.2) is 6.07 Å². The number of rotatable bonds is 7. The lowest BCUT2D eigenvalue weighted by molar-refractivity contribution is -0.136. The molecule has 0 atom stereocenters. The van der Waals surface area contributed by atoms with Crippen molar-refractivity contribution in [3.63, 3.8) is 0 Å². The molecular formula is C12H18F3N3O. The molecule has 7 heteroatoms. The van der Waals surface area contributed by atoms with Gasteiger partial charge in [0.15, 0.2) is 0 Å². The lowest BCUT2D eigenvalue weighted by Crippen LogP contribution is -2.10. The number of aryl methyl sites for hydroxylation is 1. The highest BCUT2D eigenvalue weighted by atomic mass is 19.4. The van der Waals surface area contributed by atoms with Gasteiger partial charge in [0.05, 0.1) is 6.61 Å². The van der Waals surface area contributed by atoms with E-state index in [1.807, 2.05) is 6.92 Å². The van der Waals surface area contributed by atoms with Crippen molar-refractivity contribution in [3.05, 3.63) is 11.9 Å². The van der Waals surface area contributed by atoms with Crippen molar-refractivity contribution in [2.24, 2.45) is 0 Å². The molecule has 0 saturated carbocycles. The lowest BCUT2D eigenvalue weighted by atomic mass is 10.3. The molecule has 0 aliphatic rings. The molecule has 0 aliphatic heterocycles. The molecule has 0 fully saturated rings. The molecule has 1 rings (SSSR count). The third kappa shape index (κ3) is 6.26. The summed E-state index contributed by atoms with van der Waals surface area (Å²) in [5.41, 5.74) is 0. The van der Waals surface area contributed by atoms with Crippen LogP contribution in [0.4, 0.5) is 19.0 Å². The fourth-order valence-corrected chi connectivity index (χ4v) is 1.46. The van der Waals surface area contributed by atoms with Crippen molar-refractivity contribution in [3.8, 4) is 5.88 Å². The maximum Gasteiger partial charge on any atom is 0.389 e. The zero-order chi connectivity index (χ0) is 14.3. The first kappa shape index (κ1) is 15.5. The number of ether oxygens (including phenoxy) is 1. The molecule has 0 radical (unpaired) electrons. The molecule has 1 aromatic rings. The Balaban J connectivity index is 2.54. The van der Waals surface area contributed by atoms with E-state index >= 15 is 0 Å². The van der Waals surface area contributed by atoms with Gasteiger partial charge >= 0.3 is 6.18 Å². The van der Waals surface area contributed by atoms with Crippen LogP contribution in [0.3, 0.4) is 0 Å². The van der Waals surface area contributed by atoms with Crippen LogP contribution in [0.5, 0.6) is 5.88 Å². The summed E-state index contributed by atoms with van der Waals surface area (Å²) in [6, 6.07) is 1.58. The molecule has 0 aromatic carbocycles. The predicted molar refractivity (Wildman–Crippen MR) is 66.4 cm³/mol. The minimum absolute atomic E-state index is 0.00869. The fourth-order valence-electron chi connectivity index (χ4n) is 1.46. The van der Waals surface area contributed by atoms with Crippen LogP contribution in [-0.4, -0.2) is 29.8 Å². The van der Waals surface area contributed by atoms with E-state index in [4.69, 9.17) is 4.74 Å². The van der Waals surface area contributed by atoms with Gasteiger partial charge in [0.25, 0.3) is 0 Å². The highest BCUT2D eigenvalue weighted by Gasteiger charge is 2.26. The van der Waals surface area contributed by atoms with Crippen molar-refractivity contribution in [2.45, 2.75) is 38.8 Å². The van der Waals surface area contributed by atoms with Gasteiger partial charge in [-0.05, 0) is 12.8 Å². The van der Waals surface area contributed by atoms with Gasteiger partial charge in [0.1, 0.15) is 11.6 Å². The Kier molecular flexibility index (Phi) is 5.85. The summed E-state index contributed by atoms with van der Waals surface area (Å²) in [6.07, 6.45) is -3.47. The van der Waals surface area contributed by atoms with Crippen molar-refractivity contribution in [1.29, 1.82) is 0 Å². The topological polar surface area (TPSA) is 47.0 Å². The Morgan fingerprint density at radius 2 is 2.05 bits per heavy atom. The highest BCUT2D eigenvalue weighted by Crippen LogP contribution is 2.21. The average Bonchev–Trinajstić information content (AvgIpc) is 2.34. The van der Waals surface area contributed by atoms with E-state index < -0.39 is 12.6 Å². The van der Waals surface area contributed by atoms with Gasteiger partial charge < -0.3 is 10.1 Å². The van der Waals surface area contributed by atoms with Crippen LogP contribution in [0.1, 0.15) is 32.0 Å². The number of anilines is 1. The molecule has 0 amide bonds. The van der Waals surface area contributed by atoms with E-state index in [9.17, 15) is 13.2 Å². The molecule has 4 nitrogen and oxygen atoms in total. The molecule has 19 heavy (non-hydrogen) atoms. The number of aromatic nitrogens is 2. The zero-order valence-electron chi connectivity index (χ0n) is 11.0. The monoisotopic (exact) mass is 277 g/mol. The first-order valence-corrected chi connectivity index (χ1v) is 6.20. The largest absolute Gasteiger partial charge is 0.478 e. The maximum absolute atomic E-state index is 12.0. The summed E-state index contributed by atoms with van der Waals surface area (Å²) in [5, 5.41) is 2.87. The third-order valence-corrected chi connectivity index (χ3v) is 2.33. The summed E-state index contributed by atoms with van der Waals surface area (Å²) in [5.74, 6) is 1.54. The first-order chi connectivity index (χ1) is 8.94. The van der Waals surface area contributed by atoms with Gasteiger partial charge in [-0.25, -0.2) is 4.98 Å². The summed E-state index contributed by atoms with van der Waals surface area (Å²) < 4.78 is 41.2. The number of nitrogens with zero attached hydrogens (tertiary/aromatic N) is 2. The van der Waals surface area contributed by atoms with Gasteiger partial charge in [-0.15, -0.1) is 0 Å². The van der Waals surface area contributed by atoms with Gasteiger partial charge in [-0.1, -0.05) is 6.92 Å². The normalized spacial score (nSPS) is 11.4. The Labute approximate surface area is 110 Å². The smallest absolute Gasteiger partial charge is 0.389 e. The molecule has 1 aromatic heterocycles. The standard InChI is InChI=1S/C12H18F3N3O/c1-3-5-9-17-10(16-2)8-11(18-9)19-7-4-6-12(13,14)15/h8H,3-7H2,1-2H3,(H,16,17,18). The first-order valence-electron chi connectivity index (χ1n) is 6.20. The van der Waals surface area contributed by atoms with Crippen LogP contribution < -0.4 is 10.1 Å². The minimum Gasteiger partial charge on any atom is -0.478 e. The summed E-state index contributed by atoms with van der Waals surface area (Å²) in [6.45, 7) is 1.99. The van der Waals surface area contributed by atoms with Crippen molar-refractivity contribution in [2.75, 3.05) is 19.0 Å². The molecule has 0 spiro atoms. The zero-order valence-corrected chi connectivity index (χ0v) is 11.0. The number of halogens is 3. The van der Waals surface area contributed by atoms with E-state index in [0.717, 1.165) is 6.42 Å². The van der Waals surface area contributed by atoms with Crippen LogP contribution in [0, 0.1) is 0 Å². The molecule has 1 heterocycles.